The Balaban J connectivity index is 0.000000299. The van der Waals surface area contributed by atoms with Crippen LogP contribution in [0.25, 0.3) is 0 Å². The number of carbonyl (C=O) groups excluding carboxylic acids is 1. The minimum absolute atomic E-state index is 0.0248. The molecular weight excluding hydrogens is 657 g/mol. The number of hydrogen-bond donors (Lipinski definition) is 0. The Bertz CT molecular complexity index is 1550. The van der Waals surface area contributed by atoms with Crippen molar-refractivity contribution in [2.75, 3.05) is 5.75 Å². The molecule has 5 rings (SSSR count). The molecule has 0 aliphatic heterocycles. The first-order valence-corrected chi connectivity index (χ1v) is 19.8. The van der Waals surface area contributed by atoms with E-state index in [4.69, 9.17) is 14.2 Å². The average Bonchev–Trinajstić information content (AvgIpc) is 3.27. The van der Waals surface area contributed by atoms with Crippen molar-refractivity contribution in [1.29, 1.82) is 0 Å². The van der Waals surface area contributed by atoms with Gasteiger partial charge in [0.15, 0.2) is 14.7 Å². The van der Waals surface area contributed by atoms with E-state index in [1.165, 1.54) is 14.7 Å². The Kier molecular flexibility index (Phi) is 11.0. The number of rotatable bonds is 8. The molecule has 2 unspecified atom stereocenters. The van der Waals surface area contributed by atoms with Crippen molar-refractivity contribution in [2.45, 2.75) is 127 Å². The summed E-state index contributed by atoms with van der Waals surface area (Å²) in [6.07, 6.45) is 1.88. The van der Waals surface area contributed by atoms with Crippen molar-refractivity contribution < 1.29 is 32.0 Å². The highest BCUT2D eigenvalue weighted by molar-refractivity contribution is 7.97. The van der Waals surface area contributed by atoms with Crippen LogP contribution in [-0.4, -0.2) is 41.3 Å². The zero-order valence-electron chi connectivity index (χ0n) is 31.0. The van der Waals surface area contributed by atoms with Gasteiger partial charge in [0, 0.05) is 11.8 Å². The predicted molar refractivity (Wildman–Crippen MR) is 196 cm³/mol. The zero-order valence-corrected chi connectivity index (χ0v) is 32.6. The average molecular weight is 711 g/mol. The fourth-order valence-corrected chi connectivity index (χ4v) is 10.1. The van der Waals surface area contributed by atoms with Gasteiger partial charge < -0.3 is 18.8 Å². The van der Waals surface area contributed by atoms with Gasteiger partial charge in [0.2, 0.25) is 0 Å². The Labute approximate surface area is 297 Å². The van der Waals surface area contributed by atoms with Crippen LogP contribution >= 0.6 is 0 Å². The van der Waals surface area contributed by atoms with E-state index in [-0.39, 0.29) is 44.8 Å². The molecule has 3 aromatic rings. The van der Waals surface area contributed by atoms with Crippen molar-refractivity contribution in [3.05, 3.63) is 72.8 Å². The van der Waals surface area contributed by atoms with Gasteiger partial charge in [-0.05, 0) is 159 Å². The van der Waals surface area contributed by atoms with Gasteiger partial charge >= 0.3 is 0 Å². The maximum absolute atomic E-state index is 11.8. The Morgan fingerprint density at radius 2 is 1.00 bits per heavy atom. The topological polar surface area (TPSA) is 102 Å². The van der Waals surface area contributed by atoms with E-state index < -0.39 is 21.3 Å². The van der Waals surface area contributed by atoms with E-state index in [9.17, 15) is 17.8 Å². The first-order valence-electron chi connectivity index (χ1n) is 17.0. The Morgan fingerprint density at radius 3 is 1.22 bits per heavy atom. The number of carbonyl (C=O) groups is 1. The highest BCUT2D eigenvalue weighted by atomic mass is 32.2. The molecule has 2 saturated carbocycles. The van der Waals surface area contributed by atoms with E-state index in [1.54, 1.807) is 0 Å². The number of fused-ring (bicyclic) bond motifs is 2. The molecule has 0 N–H and O–H groups in total. The summed E-state index contributed by atoms with van der Waals surface area (Å²) in [5.74, 6) is 2.35. The minimum atomic E-state index is -4.33. The molecular formula is C40H54O7S2. The number of hydrogen-bond acceptors (Lipinski definition) is 7. The first-order chi connectivity index (χ1) is 22.4. The number of ketones is 1. The van der Waals surface area contributed by atoms with Crippen LogP contribution in [0, 0.1) is 16.7 Å². The molecule has 2 bridgehead atoms. The van der Waals surface area contributed by atoms with E-state index in [0.717, 1.165) is 23.7 Å². The Morgan fingerprint density at radius 1 is 0.673 bits per heavy atom. The van der Waals surface area contributed by atoms with Crippen molar-refractivity contribution in [3.8, 4) is 17.2 Å². The van der Waals surface area contributed by atoms with E-state index >= 15 is 0 Å². The van der Waals surface area contributed by atoms with Crippen molar-refractivity contribution in [2.24, 2.45) is 16.7 Å². The van der Waals surface area contributed by atoms with Gasteiger partial charge in [0.1, 0.15) is 39.8 Å². The third-order valence-corrected chi connectivity index (χ3v) is 12.1. The molecule has 7 nitrogen and oxygen atoms in total. The fraction of sp³-hybridized carbons (Fsp3) is 0.525. The van der Waals surface area contributed by atoms with Gasteiger partial charge in [-0.1, -0.05) is 13.8 Å². The second-order valence-corrected chi connectivity index (χ2v) is 20.2. The van der Waals surface area contributed by atoms with Gasteiger partial charge in [-0.25, -0.2) is 8.42 Å². The van der Waals surface area contributed by atoms with Crippen LogP contribution in [0.5, 0.6) is 17.2 Å². The maximum atomic E-state index is 11.8. The molecule has 49 heavy (non-hydrogen) atoms. The normalized spacial score (nSPS) is 20.5. The lowest BCUT2D eigenvalue weighted by Crippen LogP contribution is -2.42. The third-order valence-electron chi connectivity index (χ3n) is 9.01. The summed E-state index contributed by atoms with van der Waals surface area (Å²) in [5, 5.41) is 0. The summed E-state index contributed by atoms with van der Waals surface area (Å²) in [6, 6.07) is 25.4. The second-order valence-electron chi connectivity index (χ2n) is 16.7. The first kappa shape index (κ1) is 38.8. The summed E-state index contributed by atoms with van der Waals surface area (Å²) in [5.41, 5.74) is -1.90. The van der Waals surface area contributed by atoms with Crippen LogP contribution in [0.15, 0.2) is 87.5 Å². The number of ether oxygens (including phenoxy) is 3. The Hall–Kier alpha value is -3.01. The predicted octanol–water partition coefficient (Wildman–Crippen LogP) is 9.24. The number of Topliss-reactive ketones (excluding diaryl/α,β-unsaturated/α-hetero) is 1. The van der Waals surface area contributed by atoms with E-state index in [0.29, 0.717) is 12.8 Å². The van der Waals surface area contributed by atoms with Gasteiger partial charge in [-0.2, -0.15) is 0 Å². The van der Waals surface area contributed by atoms with Crippen LogP contribution in [0.4, 0.5) is 0 Å². The molecule has 0 radical (unpaired) electrons. The molecule has 0 amide bonds. The van der Waals surface area contributed by atoms with E-state index in [1.807, 2.05) is 13.8 Å². The molecule has 2 aliphatic carbocycles. The molecule has 0 spiro atoms. The SMILES string of the molecule is CC(C)(C)Oc1ccc([S+](c2ccc(OC(C)(C)C)cc2)c2ccc(OC(C)(C)C)cc2)cc1.CC1(C)C2CCC1(CS(=O)(=O)[O-])C(=O)C2. The van der Waals surface area contributed by atoms with Crippen LogP contribution in [-0.2, 0) is 25.8 Å². The van der Waals surface area contributed by atoms with Gasteiger partial charge in [-0.15, -0.1) is 0 Å². The standard InChI is InChI=1S/C30H39O3S.C10H16O4S/c1-28(2,3)31-22-10-16-25(17-11-22)34(26-18-12-23(13-19-26)32-29(4,5)6)27-20-14-24(15-21-27)33-30(7,8)9;1-9(2)7-3-4-10(9,8(11)5-7)6-15(12,13)14/h10-21H,1-9H3;7H,3-6H2,1-2H3,(H,12,13,14)/q+1;/p-1. The molecule has 0 heterocycles. The van der Waals surface area contributed by atoms with Crippen LogP contribution < -0.4 is 14.2 Å². The van der Waals surface area contributed by atoms with Crippen LogP contribution in [0.1, 0.15) is 95.4 Å². The van der Waals surface area contributed by atoms with Gasteiger partial charge in [0.05, 0.1) is 26.8 Å². The molecule has 2 atom stereocenters. The lowest BCUT2D eigenvalue weighted by atomic mass is 9.70. The van der Waals surface area contributed by atoms with Crippen molar-refractivity contribution >= 4 is 26.8 Å². The van der Waals surface area contributed by atoms with Crippen LogP contribution in [0.2, 0.25) is 0 Å². The second kappa shape index (κ2) is 14.0. The number of benzene rings is 3. The monoisotopic (exact) mass is 710 g/mol. The molecule has 2 fully saturated rings. The lowest BCUT2D eigenvalue weighted by molar-refractivity contribution is -0.128. The highest BCUT2D eigenvalue weighted by Crippen LogP contribution is 2.64. The van der Waals surface area contributed by atoms with Crippen LogP contribution in [0.3, 0.4) is 0 Å². The largest absolute Gasteiger partial charge is 0.748 e. The molecule has 0 aromatic heterocycles. The summed E-state index contributed by atoms with van der Waals surface area (Å²) < 4.78 is 50.8. The lowest BCUT2D eigenvalue weighted by Gasteiger charge is -2.37. The minimum Gasteiger partial charge on any atom is -0.748 e. The fourth-order valence-electron chi connectivity index (χ4n) is 6.81. The highest BCUT2D eigenvalue weighted by Gasteiger charge is 2.64. The molecule has 2 aliphatic rings. The summed E-state index contributed by atoms with van der Waals surface area (Å²) >= 11 is 0. The maximum Gasteiger partial charge on any atom is 0.166 e. The van der Waals surface area contributed by atoms with Gasteiger partial charge in [-0.3, -0.25) is 4.79 Å². The summed E-state index contributed by atoms with van der Waals surface area (Å²) in [7, 11) is -4.60. The molecule has 3 aromatic carbocycles. The molecule has 268 valence electrons. The quantitative estimate of drug-likeness (QED) is 0.170. The summed E-state index contributed by atoms with van der Waals surface area (Å²) in [4.78, 5) is 15.5. The third kappa shape index (κ3) is 10.0. The smallest absolute Gasteiger partial charge is 0.166 e. The molecule has 0 saturated heterocycles. The zero-order chi connectivity index (χ0) is 36.6. The van der Waals surface area contributed by atoms with Gasteiger partial charge in [0.25, 0.3) is 0 Å². The van der Waals surface area contributed by atoms with Crippen molar-refractivity contribution in [3.63, 3.8) is 0 Å². The summed E-state index contributed by atoms with van der Waals surface area (Å²) in [6.45, 7) is 22.4. The van der Waals surface area contributed by atoms with Crippen molar-refractivity contribution in [1.82, 2.24) is 0 Å². The molecule has 9 heteroatoms. The van der Waals surface area contributed by atoms with E-state index in [2.05, 4.69) is 135 Å².